The number of carbonyl (C=O) groups is 1. The molecular formula is C22H23Cl2F3N4O. The zero-order valence-electron chi connectivity index (χ0n) is 17.3. The second-order valence-electron chi connectivity index (χ2n) is 8.13. The lowest BCUT2D eigenvalue weighted by Crippen LogP contribution is -2.39. The zero-order chi connectivity index (χ0) is 22.9. The topological polar surface area (TPSA) is 48.5 Å². The van der Waals surface area contributed by atoms with Crippen molar-refractivity contribution in [1.82, 2.24) is 4.98 Å². The monoisotopic (exact) mass is 486 g/mol. The Hall–Kier alpha value is -2.19. The number of anilines is 3. The molecule has 0 atom stereocenters. The molecule has 0 unspecified atom stereocenters. The fourth-order valence-corrected chi connectivity index (χ4v) is 4.71. The highest BCUT2D eigenvalue weighted by Gasteiger charge is 2.33. The van der Waals surface area contributed by atoms with Crippen molar-refractivity contribution in [2.24, 2.45) is 5.92 Å². The molecule has 1 amide bonds. The lowest BCUT2D eigenvalue weighted by Gasteiger charge is -2.33. The molecule has 3 heterocycles. The van der Waals surface area contributed by atoms with Crippen LogP contribution in [0.15, 0.2) is 30.5 Å². The van der Waals surface area contributed by atoms with Gasteiger partial charge in [-0.3, -0.25) is 4.79 Å². The zero-order valence-corrected chi connectivity index (χ0v) is 18.8. The third-order valence-corrected chi connectivity index (χ3v) is 6.49. The van der Waals surface area contributed by atoms with Crippen molar-refractivity contribution in [3.8, 4) is 0 Å². The molecule has 2 saturated heterocycles. The van der Waals surface area contributed by atoms with E-state index in [9.17, 15) is 18.0 Å². The maximum absolute atomic E-state index is 13.0. The van der Waals surface area contributed by atoms with E-state index >= 15 is 0 Å². The summed E-state index contributed by atoms with van der Waals surface area (Å²) in [7, 11) is 0. The molecule has 1 aromatic carbocycles. The highest BCUT2D eigenvalue weighted by atomic mass is 35.5. The second-order valence-corrected chi connectivity index (χ2v) is 8.98. The summed E-state index contributed by atoms with van der Waals surface area (Å²) in [6.07, 6.45) is -0.369. The van der Waals surface area contributed by atoms with Gasteiger partial charge in [0.15, 0.2) is 0 Å². The fourth-order valence-electron chi connectivity index (χ4n) is 4.25. The van der Waals surface area contributed by atoms with Gasteiger partial charge in [0.05, 0.1) is 22.0 Å². The molecule has 2 aliphatic rings. The first-order chi connectivity index (χ1) is 15.2. The maximum Gasteiger partial charge on any atom is 0.417 e. The molecule has 1 aromatic heterocycles. The number of hydrogen-bond donors (Lipinski definition) is 1. The van der Waals surface area contributed by atoms with Crippen LogP contribution in [0.25, 0.3) is 0 Å². The summed E-state index contributed by atoms with van der Waals surface area (Å²) < 4.78 is 38.5. The highest BCUT2D eigenvalue weighted by Crippen LogP contribution is 2.36. The van der Waals surface area contributed by atoms with Crippen molar-refractivity contribution in [3.63, 3.8) is 0 Å². The first-order valence-electron chi connectivity index (χ1n) is 10.6. The van der Waals surface area contributed by atoms with E-state index < -0.39 is 11.7 Å². The van der Waals surface area contributed by atoms with Gasteiger partial charge in [-0.2, -0.15) is 13.2 Å². The minimum Gasteiger partial charge on any atom is -0.370 e. The van der Waals surface area contributed by atoms with Crippen LogP contribution in [-0.4, -0.2) is 37.1 Å². The molecule has 172 valence electrons. The summed E-state index contributed by atoms with van der Waals surface area (Å²) in [5.74, 6) is 0.00779. The third kappa shape index (κ3) is 5.07. The smallest absolute Gasteiger partial charge is 0.370 e. The van der Waals surface area contributed by atoms with Crippen molar-refractivity contribution in [3.05, 3.63) is 46.1 Å². The predicted molar refractivity (Wildman–Crippen MR) is 121 cm³/mol. The number of hydrogen-bond acceptors (Lipinski definition) is 4. The van der Waals surface area contributed by atoms with Crippen molar-refractivity contribution < 1.29 is 18.0 Å². The van der Waals surface area contributed by atoms with Crippen LogP contribution in [0.3, 0.4) is 0 Å². The number of carbonyl (C=O) groups excluding carboxylic acids is 1. The van der Waals surface area contributed by atoms with E-state index in [1.807, 2.05) is 17.0 Å². The molecule has 2 aliphatic heterocycles. The number of halogens is 5. The Kier molecular flexibility index (Phi) is 6.72. The van der Waals surface area contributed by atoms with Gasteiger partial charge in [0.1, 0.15) is 5.82 Å². The van der Waals surface area contributed by atoms with Crippen LogP contribution in [0, 0.1) is 5.92 Å². The third-order valence-electron chi connectivity index (χ3n) is 5.98. The van der Waals surface area contributed by atoms with Crippen molar-refractivity contribution in [2.75, 3.05) is 41.3 Å². The Labute approximate surface area is 194 Å². The fraction of sp³-hybridized carbons (Fsp3) is 0.455. The van der Waals surface area contributed by atoms with Crippen molar-refractivity contribution in [1.29, 1.82) is 0 Å². The molecule has 0 aliphatic carbocycles. The number of nitrogens with zero attached hydrogens (tertiary/aromatic N) is 3. The van der Waals surface area contributed by atoms with Crippen LogP contribution in [-0.2, 0) is 11.0 Å². The first kappa shape index (κ1) is 23.0. The van der Waals surface area contributed by atoms with Crippen LogP contribution in [0.2, 0.25) is 10.0 Å². The Morgan fingerprint density at radius 2 is 1.72 bits per heavy atom. The number of alkyl halides is 3. The molecule has 1 N–H and O–H groups in total. The molecule has 5 nitrogen and oxygen atoms in total. The molecule has 4 rings (SSSR count). The number of nitrogens with one attached hydrogen (secondary N) is 1. The van der Waals surface area contributed by atoms with E-state index in [1.54, 1.807) is 6.07 Å². The average Bonchev–Trinajstić information content (AvgIpc) is 3.28. The molecule has 10 heteroatoms. The quantitative estimate of drug-likeness (QED) is 0.587. The Morgan fingerprint density at radius 3 is 2.34 bits per heavy atom. The van der Waals surface area contributed by atoms with E-state index in [1.165, 1.54) is 0 Å². The van der Waals surface area contributed by atoms with E-state index in [2.05, 4.69) is 15.2 Å². The molecule has 32 heavy (non-hydrogen) atoms. The van der Waals surface area contributed by atoms with Crippen LogP contribution in [0.1, 0.15) is 31.2 Å². The molecule has 0 radical (unpaired) electrons. The number of rotatable bonds is 4. The van der Waals surface area contributed by atoms with E-state index in [4.69, 9.17) is 23.2 Å². The number of pyridine rings is 1. The van der Waals surface area contributed by atoms with Crippen LogP contribution in [0.5, 0.6) is 0 Å². The van der Waals surface area contributed by atoms with Gasteiger partial charge in [-0.05, 0) is 49.9 Å². The van der Waals surface area contributed by atoms with Gasteiger partial charge in [-0.25, -0.2) is 4.98 Å². The molecule has 2 aromatic rings. The summed E-state index contributed by atoms with van der Waals surface area (Å²) in [5, 5.41) is 3.55. The second kappa shape index (κ2) is 9.35. The molecule has 0 bridgehead atoms. The molecule has 0 saturated carbocycles. The van der Waals surface area contributed by atoms with Gasteiger partial charge < -0.3 is 15.1 Å². The highest BCUT2D eigenvalue weighted by molar-refractivity contribution is 6.33. The lowest BCUT2D eigenvalue weighted by atomic mass is 9.95. The summed E-state index contributed by atoms with van der Waals surface area (Å²) >= 11 is 12.2. The van der Waals surface area contributed by atoms with E-state index in [0.717, 1.165) is 43.9 Å². The van der Waals surface area contributed by atoms with Gasteiger partial charge in [0.2, 0.25) is 5.91 Å². The van der Waals surface area contributed by atoms with Crippen LogP contribution in [0.4, 0.5) is 30.4 Å². The van der Waals surface area contributed by atoms with E-state index in [0.29, 0.717) is 42.5 Å². The Balaban J connectivity index is 1.40. The number of amides is 1. The van der Waals surface area contributed by atoms with Crippen LogP contribution < -0.4 is 15.1 Å². The summed E-state index contributed by atoms with van der Waals surface area (Å²) in [4.78, 5) is 20.9. The normalized spacial score (nSPS) is 17.7. The summed E-state index contributed by atoms with van der Waals surface area (Å²) in [5.41, 5.74) is 0.800. The first-order valence-corrected chi connectivity index (χ1v) is 11.3. The van der Waals surface area contributed by atoms with Gasteiger partial charge in [-0.15, -0.1) is 0 Å². The average molecular weight is 487 g/mol. The SMILES string of the molecule is O=C(Nc1cc(Cl)ccc1N1CCCC1)C1CCN(c2ncc(C(F)(F)F)cc2Cl)CC1. The maximum atomic E-state index is 13.0. The number of benzene rings is 1. The molecule has 2 fully saturated rings. The van der Waals surface area contributed by atoms with Gasteiger partial charge in [-0.1, -0.05) is 23.2 Å². The number of aromatic nitrogens is 1. The predicted octanol–water partition coefficient (Wildman–Crippen LogP) is 5.86. The largest absolute Gasteiger partial charge is 0.417 e. The van der Waals surface area contributed by atoms with Gasteiger partial charge in [0, 0.05) is 43.3 Å². The molecular weight excluding hydrogens is 464 g/mol. The summed E-state index contributed by atoms with van der Waals surface area (Å²) in [6, 6.07) is 6.42. The van der Waals surface area contributed by atoms with Gasteiger partial charge >= 0.3 is 6.18 Å². The standard InChI is InChI=1S/C22H23Cl2F3N4O/c23-16-3-4-19(30-7-1-2-8-30)18(12-16)29-21(32)14-5-9-31(10-6-14)20-17(24)11-15(13-28-20)22(25,26)27/h3-4,11-14H,1-2,5-10H2,(H,29,32). The van der Waals surface area contributed by atoms with Gasteiger partial charge in [0.25, 0.3) is 0 Å². The Bertz CT molecular complexity index is 988. The lowest BCUT2D eigenvalue weighted by molar-refractivity contribution is -0.137. The number of piperidine rings is 1. The van der Waals surface area contributed by atoms with Crippen molar-refractivity contribution >= 4 is 46.3 Å². The minimum atomic E-state index is -4.49. The minimum absolute atomic E-state index is 0.0445. The molecule has 0 spiro atoms. The van der Waals surface area contributed by atoms with Crippen LogP contribution >= 0.6 is 23.2 Å². The van der Waals surface area contributed by atoms with Crippen molar-refractivity contribution in [2.45, 2.75) is 31.9 Å². The Morgan fingerprint density at radius 1 is 1.03 bits per heavy atom. The summed E-state index contributed by atoms with van der Waals surface area (Å²) in [6.45, 7) is 2.85. The van der Waals surface area contributed by atoms with E-state index in [-0.39, 0.29) is 16.8 Å².